The van der Waals surface area contributed by atoms with Crippen LogP contribution in [0.5, 0.6) is 0 Å². The highest BCUT2D eigenvalue weighted by atomic mass is 16.2. The van der Waals surface area contributed by atoms with Gasteiger partial charge in [-0.25, -0.2) is 4.98 Å². The lowest BCUT2D eigenvalue weighted by Gasteiger charge is -2.34. The van der Waals surface area contributed by atoms with E-state index >= 15 is 0 Å². The van der Waals surface area contributed by atoms with E-state index in [0.717, 1.165) is 11.4 Å². The molecule has 0 aliphatic carbocycles. The van der Waals surface area contributed by atoms with Crippen molar-refractivity contribution >= 4 is 23.3 Å². The lowest BCUT2D eigenvalue weighted by Crippen LogP contribution is -2.52. The van der Waals surface area contributed by atoms with Crippen LogP contribution in [0.1, 0.15) is 27.6 Å². The maximum absolute atomic E-state index is 13.0. The van der Waals surface area contributed by atoms with E-state index in [1.54, 1.807) is 33.6 Å². The Labute approximate surface area is 160 Å². The van der Waals surface area contributed by atoms with Crippen LogP contribution in [0.3, 0.4) is 0 Å². The number of hydrogen-bond donors (Lipinski definition) is 0. The van der Waals surface area contributed by atoms with Crippen molar-refractivity contribution in [2.24, 2.45) is 0 Å². The second-order valence-corrected chi connectivity index (χ2v) is 6.63. The third-order valence-electron chi connectivity index (χ3n) is 4.68. The maximum Gasteiger partial charge on any atom is 0.292 e. The minimum atomic E-state index is -0.361. The highest BCUT2D eigenvalue weighted by Gasteiger charge is 2.31. The topological polar surface area (TPSA) is 107 Å². The Kier molecular flexibility index (Phi) is 4.24. The first-order chi connectivity index (χ1) is 13.5. The zero-order valence-electron chi connectivity index (χ0n) is 15.5. The minimum absolute atomic E-state index is 0.0666. The molecule has 2 amide bonds. The van der Waals surface area contributed by atoms with Crippen LogP contribution in [0.15, 0.2) is 30.3 Å². The highest BCUT2D eigenvalue weighted by Crippen LogP contribution is 2.20. The van der Waals surface area contributed by atoms with Crippen molar-refractivity contribution < 1.29 is 9.59 Å². The molecule has 9 heteroatoms. The third-order valence-corrected chi connectivity index (χ3v) is 4.68. The number of nitrogens with zero attached hydrogens (tertiary/aromatic N) is 7. The summed E-state index contributed by atoms with van der Waals surface area (Å²) in [5, 5.41) is 17.0. The molecule has 3 aromatic rings. The van der Waals surface area contributed by atoms with Gasteiger partial charge in [-0.2, -0.15) is 5.26 Å². The lowest BCUT2D eigenvalue weighted by atomic mass is 10.2. The van der Waals surface area contributed by atoms with Gasteiger partial charge >= 0.3 is 0 Å². The summed E-state index contributed by atoms with van der Waals surface area (Å²) in [6, 6.07) is 10.8. The van der Waals surface area contributed by atoms with E-state index in [1.807, 2.05) is 19.9 Å². The molecule has 1 aliphatic rings. The van der Waals surface area contributed by atoms with Crippen molar-refractivity contribution in [3.63, 3.8) is 0 Å². The predicted molar refractivity (Wildman–Crippen MR) is 99.7 cm³/mol. The Bertz CT molecular complexity index is 1140. The Hall–Kier alpha value is -3.80. The Morgan fingerprint density at radius 2 is 2.00 bits per heavy atom. The molecule has 28 heavy (non-hydrogen) atoms. The summed E-state index contributed by atoms with van der Waals surface area (Å²) in [7, 11) is 0. The van der Waals surface area contributed by atoms with Gasteiger partial charge in [-0.15, -0.1) is 10.2 Å². The standard InChI is InChI=1S/C19H17N7O2/c1-12-8-13(2)26-17(22-23-19(26)21-12)18(28)24-6-7-25(16(27)11-24)15-5-3-4-14(9-15)10-20/h3-5,8-9H,6-7,11H2,1-2H3. The smallest absolute Gasteiger partial charge is 0.292 e. The molecule has 3 heterocycles. The summed E-state index contributed by atoms with van der Waals surface area (Å²) in [4.78, 5) is 32.9. The molecule has 9 nitrogen and oxygen atoms in total. The SMILES string of the molecule is Cc1cc(C)n2c(C(=O)N3CCN(c4cccc(C#N)c4)C(=O)C3)nnc2n1. The van der Waals surface area contributed by atoms with Crippen molar-refractivity contribution in [3.05, 3.63) is 53.1 Å². The highest BCUT2D eigenvalue weighted by molar-refractivity contribution is 6.00. The van der Waals surface area contributed by atoms with Crippen LogP contribution in [0.25, 0.3) is 5.78 Å². The number of aromatic nitrogens is 4. The van der Waals surface area contributed by atoms with Gasteiger partial charge in [0.15, 0.2) is 0 Å². The van der Waals surface area contributed by atoms with Crippen LogP contribution in [0.2, 0.25) is 0 Å². The molecule has 1 aromatic carbocycles. The van der Waals surface area contributed by atoms with Crippen LogP contribution >= 0.6 is 0 Å². The van der Waals surface area contributed by atoms with Crippen LogP contribution < -0.4 is 4.90 Å². The number of hydrogen-bond acceptors (Lipinski definition) is 6. The maximum atomic E-state index is 13.0. The second kappa shape index (κ2) is 6.74. The monoisotopic (exact) mass is 375 g/mol. The summed E-state index contributed by atoms with van der Waals surface area (Å²) in [5.74, 6) is -0.0684. The molecular weight excluding hydrogens is 358 g/mol. The van der Waals surface area contributed by atoms with Crippen LogP contribution in [-0.2, 0) is 4.79 Å². The summed E-state index contributed by atoms with van der Waals surface area (Å²) < 4.78 is 1.60. The number of amides is 2. The van der Waals surface area contributed by atoms with Crippen LogP contribution in [-0.4, -0.2) is 55.9 Å². The molecule has 4 rings (SSSR count). The van der Waals surface area contributed by atoms with Gasteiger partial charge < -0.3 is 9.80 Å². The number of fused-ring (bicyclic) bond motifs is 1. The van der Waals surface area contributed by atoms with Crippen molar-refractivity contribution in [2.45, 2.75) is 13.8 Å². The molecule has 1 aliphatic heterocycles. The van der Waals surface area contributed by atoms with Crippen LogP contribution in [0.4, 0.5) is 5.69 Å². The predicted octanol–water partition coefficient (Wildman–Crippen LogP) is 1.10. The van der Waals surface area contributed by atoms with E-state index < -0.39 is 0 Å². The van der Waals surface area contributed by atoms with Crippen molar-refractivity contribution in [3.8, 4) is 6.07 Å². The zero-order chi connectivity index (χ0) is 19.8. The van der Waals surface area contributed by atoms with Crippen LogP contribution in [0, 0.1) is 25.2 Å². The normalized spacial score (nSPS) is 14.4. The number of carbonyl (C=O) groups excluding carboxylic acids is 2. The quantitative estimate of drug-likeness (QED) is 0.664. The number of nitriles is 1. The summed E-state index contributed by atoms with van der Waals surface area (Å²) >= 11 is 0. The molecule has 1 saturated heterocycles. The fourth-order valence-corrected chi connectivity index (χ4v) is 3.37. The molecule has 0 N–H and O–H groups in total. The molecule has 2 aromatic heterocycles. The van der Waals surface area contributed by atoms with Gasteiger partial charge in [-0.3, -0.25) is 14.0 Å². The molecule has 0 radical (unpaired) electrons. The second-order valence-electron chi connectivity index (χ2n) is 6.63. The molecule has 0 saturated carbocycles. The van der Waals surface area contributed by atoms with E-state index in [0.29, 0.717) is 30.1 Å². The summed E-state index contributed by atoms with van der Waals surface area (Å²) in [5.41, 5.74) is 2.73. The third kappa shape index (κ3) is 2.95. The minimum Gasteiger partial charge on any atom is -0.325 e. The van der Waals surface area contributed by atoms with E-state index in [1.165, 1.54) is 4.90 Å². The average molecular weight is 375 g/mol. The van der Waals surface area contributed by atoms with Crippen molar-refractivity contribution in [2.75, 3.05) is 24.5 Å². The summed E-state index contributed by atoms with van der Waals surface area (Å²) in [6.45, 7) is 4.33. The van der Waals surface area contributed by atoms with Crippen molar-refractivity contribution in [1.29, 1.82) is 5.26 Å². The van der Waals surface area contributed by atoms with E-state index in [4.69, 9.17) is 5.26 Å². The fraction of sp³-hybridized carbons (Fsp3) is 0.263. The van der Waals surface area contributed by atoms with E-state index in [-0.39, 0.29) is 24.2 Å². The van der Waals surface area contributed by atoms with E-state index in [9.17, 15) is 9.59 Å². The van der Waals surface area contributed by atoms with Gasteiger partial charge in [0.05, 0.1) is 11.6 Å². The van der Waals surface area contributed by atoms with Gasteiger partial charge in [-0.1, -0.05) is 6.07 Å². The van der Waals surface area contributed by atoms with Gasteiger partial charge in [0.1, 0.15) is 6.54 Å². The Morgan fingerprint density at radius 3 is 2.75 bits per heavy atom. The number of anilines is 1. The first kappa shape index (κ1) is 17.6. The molecule has 0 unspecified atom stereocenters. The zero-order valence-corrected chi connectivity index (χ0v) is 15.5. The largest absolute Gasteiger partial charge is 0.325 e. The molecular formula is C19H17N7O2. The Morgan fingerprint density at radius 1 is 1.18 bits per heavy atom. The van der Waals surface area contributed by atoms with Gasteiger partial charge in [-0.05, 0) is 38.1 Å². The number of carbonyl (C=O) groups is 2. The first-order valence-electron chi connectivity index (χ1n) is 8.77. The lowest BCUT2D eigenvalue weighted by molar-refractivity contribution is -0.120. The Balaban J connectivity index is 1.57. The first-order valence-corrected chi connectivity index (χ1v) is 8.77. The van der Waals surface area contributed by atoms with Gasteiger partial charge in [0, 0.05) is 30.2 Å². The van der Waals surface area contributed by atoms with Gasteiger partial charge in [0.25, 0.3) is 11.7 Å². The molecule has 0 spiro atoms. The van der Waals surface area contributed by atoms with Crippen molar-refractivity contribution in [1.82, 2.24) is 24.5 Å². The number of aryl methyl sites for hydroxylation is 2. The number of benzene rings is 1. The fourth-order valence-electron chi connectivity index (χ4n) is 3.37. The van der Waals surface area contributed by atoms with Gasteiger partial charge in [0.2, 0.25) is 11.7 Å². The molecule has 1 fully saturated rings. The number of rotatable bonds is 2. The summed E-state index contributed by atoms with van der Waals surface area (Å²) in [6.07, 6.45) is 0. The molecule has 0 atom stereocenters. The number of piperazine rings is 1. The average Bonchev–Trinajstić information content (AvgIpc) is 3.11. The molecule has 0 bridgehead atoms. The van der Waals surface area contributed by atoms with E-state index in [2.05, 4.69) is 21.3 Å². The molecule has 140 valence electrons.